The van der Waals surface area contributed by atoms with E-state index in [1.807, 2.05) is 37.4 Å². The summed E-state index contributed by atoms with van der Waals surface area (Å²) < 4.78 is 5.46. The maximum atomic E-state index is 11.9. The van der Waals surface area contributed by atoms with E-state index in [0.29, 0.717) is 0 Å². The Morgan fingerprint density at radius 3 is 2.63 bits per heavy atom. The van der Waals surface area contributed by atoms with Crippen molar-refractivity contribution in [2.75, 3.05) is 39.8 Å². The standard InChI is InChI=1S/C15H22N2O2/c1-16(11-12-17-9-5-6-10-17)15(18)13-19-14-7-3-2-4-8-14/h2-4,7-8H,5-6,9-13H2,1H3. The van der Waals surface area contributed by atoms with Crippen LogP contribution < -0.4 is 4.74 Å². The van der Waals surface area contributed by atoms with Crippen LogP contribution in [0.3, 0.4) is 0 Å². The van der Waals surface area contributed by atoms with E-state index >= 15 is 0 Å². The predicted molar refractivity (Wildman–Crippen MR) is 75.2 cm³/mol. The average Bonchev–Trinajstić information content (AvgIpc) is 2.96. The predicted octanol–water partition coefficient (Wildman–Crippen LogP) is 1.62. The maximum Gasteiger partial charge on any atom is 0.260 e. The molecule has 1 aromatic rings. The van der Waals surface area contributed by atoms with Crippen molar-refractivity contribution in [1.82, 2.24) is 9.80 Å². The van der Waals surface area contributed by atoms with Crippen molar-refractivity contribution in [2.24, 2.45) is 0 Å². The van der Waals surface area contributed by atoms with Crippen LogP contribution in [0.4, 0.5) is 0 Å². The Hall–Kier alpha value is -1.55. The second kappa shape index (κ2) is 7.14. The number of likely N-dealkylation sites (tertiary alicyclic amines) is 1. The lowest BCUT2D eigenvalue weighted by atomic mass is 10.3. The first-order chi connectivity index (χ1) is 9.25. The molecule has 0 N–H and O–H groups in total. The molecule has 104 valence electrons. The van der Waals surface area contributed by atoms with Crippen LogP contribution in [0, 0.1) is 0 Å². The Bertz CT molecular complexity index is 388. The smallest absolute Gasteiger partial charge is 0.260 e. The fourth-order valence-electron chi connectivity index (χ4n) is 2.19. The summed E-state index contributed by atoms with van der Waals surface area (Å²) in [5, 5.41) is 0. The minimum Gasteiger partial charge on any atom is -0.484 e. The first-order valence-electron chi connectivity index (χ1n) is 6.90. The van der Waals surface area contributed by atoms with E-state index in [-0.39, 0.29) is 12.5 Å². The van der Waals surface area contributed by atoms with Crippen LogP contribution in [0.25, 0.3) is 0 Å². The molecule has 1 aromatic carbocycles. The van der Waals surface area contributed by atoms with Crippen LogP contribution in [-0.4, -0.2) is 55.5 Å². The van der Waals surface area contributed by atoms with Gasteiger partial charge in [-0.3, -0.25) is 4.79 Å². The molecule has 0 aromatic heterocycles. The molecule has 0 aliphatic carbocycles. The highest BCUT2D eigenvalue weighted by atomic mass is 16.5. The normalized spacial score (nSPS) is 15.4. The van der Waals surface area contributed by atoms with Crippen molar-refractivity contribution in [3.05, 3.63) is 30.3 Å². The van der Waals surface area contributed by atoms with Gasteiger partial charge >= 0.3 is 0 Å². The molecule has 0 radical (unpaired) electrons. The highest BCUT2D eigenvalue weighted by Crippen LogP contribution is 2.09. The van der Waals surface area contributed by atoms with Crippen molar-refractivity contribution in [2.45, 2.75) is 12.8 Å². The Labute approximate surface area is 115 Å². The molecule has 0 atom stereocenters. The zero-order chi connectivity index (χ0) is 13.5. The number of ether oxygens (including phenoxy) is 1. The van der Waals surface area contributed by atoms with Gasteiger partial charge in [-0.1, -0.05) is 18.2 Å². The monoisotopic (exact) mass is 262 g/mol. The van der Waals surface area contributed by atoms with Crippen LogP contribution in [0.2, 0.25) is 0 Å². The maximum absolute atomic E-state index is 11.9. The lowest BCUT2D eigenvalue weighted by molar-refractivity contribution is -0.132. The van der Waals surface area contributed by atoms with Gasteiger partial charge in [-0.25, -0.2) is 0 Å². The minimum atomic E-state index is 0.0306. The molecular formula is C15H22N2O2. The number of hydrogen-bond acceptors (Lipinski definition) is 3. The fraction of sp³-hybridized carbons (Fsp3) is 0.533. The molecule has 4 heteroatoms. The molecule has 0 spiro atoms. The van der Waals surface area contributed by atoms with Crippen LogP contribution in [0.5, 0.6) is 5.75 Å². The quantitative estimate of drug-likeness (QED) is 0.781. The van der Waals surface area contributed by atoms with Crippen molar-refractivity contribution >= 4 is 5.91 Å². The third-order valence-electron chi connectivity index (χ3n) is 3.48. The van der Waals surface area contributed by atoms with Crippen LogP contribution >= 0.6 is 0 Å². The molecule has 4 nitrogen and oxygen atoms in total. The molecule has 1 amide bonds. The average molecular weight is 262 g/mol. The number of carbonyl (C=O) groups is 1. The molecule has 1 fully saturated rings. The first kappa shape index (κ1) is 13.9. The van der Waals surface area contributed by atoms with Crippen molar-refractivity contribution in [3.63, 3.8) is 0 Å². The van der Waals surface area contributed by atoms with Gasteiger partial charge in [0.25, 0.3) is 5.91 Å². The van der Waals surface area contributed by atoms with E-state index in [4.69, 9.17) is 4.74 Å². The van der Waals surface area contributed by atoms with Gasteiger partial charge in [0, 0.05) is 20.1 Å². The van der Waals surface area contributed by atoms with Gasteiger partial charge in [-0.05, 0) is 38.1 Å². The topological polar surface area (TPSA) is 32.8 Å². The van der Waals surface area contributed by atoms with Gasteiger partial charge in [0.1, 0.15) is 5.75 Å². The van der Waals surface area contributed by atoms with Crippen molar-refractivity contribution in [1.29, 1.82) is 0 Å². The number of para-hydroxylation sites is 1. The molecule has 2 rings (SSSR count). The van der Waals surface area contributed by atoms with Gasteiger partial charge in [-0.2, -0.15) is 0 Å². The SMILES string of the molecule is CN(CCN1CCCC1)C(=O)COc1ccccc1. The van der Waals surface area contributed by atoms with E-state index in [1.54, 1.807) is 4.90 Å². The molecule has 0 bridgehead atoms. The zero-order valence-corrected chi connectivity index (χ0v) is 11.5. The van der Waals surface area contributed by atoms with E-state index in [2.05, 4.69) is 4.90 Å². The molecule has 1 aliphatic heterocycles. The van der Waals surface area contributed by atoms with Gasteiger partial charge in [0.15, 0.2) is 6.61 Å². The lowest BCUT2D eigenvalue weighted by Gasteiger charge is -2.21. The van der Waals surface area contributed by atoms with Crippen LogP contribution in [0.15, 0.2) is 30.3 Å². The Kier molecular flexibility index (Phi) is 5.21. The Morgan fingerprint density at radius 2 is 1.95 bits per heavy atom. The number of likely N-dealkylation sites (N-methyl/N-ethyl adjacent to an activating group) is 1. The summed E-state index contributed by atoms with van der Waals surface area (Å²) in [5.41, 5.74) is 0. The van der Waals surface area contributed by atoms with Gasteiger partial charge in [0.2, 0.25) is 0 Å². The molecular weight excluding hydrogens is 240 g/mol. The molecule has 1 aliphatic rings. The van der Waals surface area contributed by atoms with E-state index in [1.165, 1.54) is 25.9 Å². The lowest BCUT2D eigenvalue weighted by Crippen LogP contribution is -2.37. The summed E-state index contributed by atoms with van der Waals surface area (Å²) in [6.45, 7) is 4.19. The summed E-state index contributed by atoms with van der Waals surface area (Å²) in [4.78, 5) is 16.1. The number of carbonyl (C=O) groups excluding carboxylic acids is 1. The van der Waals surface area contributed by atoms with Crippen LogP contribution in [-0.2, 0) is 4.79 Å². The highest BCUT2D eigenvalue weighted by Gasteiger charge is 2.14. The Morgan fingerprint density at radius 1 is 1.26 bits per heavy atom. The minimum absolute atomic E-state index is 0.0306. The van der Waals surface area contributed by atoms with Crippen LogP contribution in [0.1, 0.15) is 12.8 Å². The third kappa shape index (κ3) is 4.56. The fourth-order valence-corrected chi connectivity index (χ4v) is 2.19. The summed E-state index contributed by atoms with van der Waals surface area (Å²) in [5.74, 6) is 0.770. The molecule has 0 saturated carbocycles. The molecule has 19 heavy (non-hydrogen) atoms. The second-order valence-corrected chi connectivity index (χ2v) is 4.97. The number of nitrogens with zero attached hydrogens (tertiary/aromatic N) is 2. The van der Waals surface area contributed by atoms with Crippen molar-refractivity contribution < 1.29 is 9.53 Å². The number of benzene rings is 1. The summed E-state index contributed by atoms with van der Waals surface area (Å²) >= 11 is 0. The highest BCUT2D eigenvalue weighted by molar-refractivity contribution is 5.77. The first-order valence-corrected chi connectivity index (χ1v) is 6.90. The zero-order valence-electron chi connectivity index (χ0n) is 11.5. The number of amides is 1. The summed E-state index contributed by atoms with van der Waals surface area (Å²) in [7, 11) is 1.84. The largest absolute Gasteiger partial charge is 0.484 e. The van der Waals surface area contributed by atoms with E-state index in [0.717, 1.165) is 18.8 Å². The van der Waals surface area contributed by atoms with Gasteiger partial charge in [-0.15, -0.1) is 0 Å². The second-order valence-electron chi connectivity index (χ2n) is 4.97. The Balaban J connectivity index is 1.67. The molecule has 1 heterocycles. The summed E-state index contributed by atoms with van der Waals surface area (Å²) in [6, 6.07) is 9.44. The van der Waals surface area contributed by atoms with Gasteiger partial charge in [0.05, 0.1) is 0 Å². The van der Waals surface area contributed by atoms with Crippen molar-refractivity contribution in [3.8, 4) is 5.75 Å². The van der Waals surface area contributed by atoms with E-state index < -0.39 is 0 Å². The number of hydrogen-bond donors (Lipinski definition) is 0. The third-order valence-corrected chi connectivity index (χ3v) is 3.48. The molecule has 1 saturated heterocycles. The number of rotatable bonds is 6. The van der Waals surface area contributed by atoms with Gasteiger partial charge < -0.3 is 14.5 Å². The molecule has 0 unspecified atom stereocenters. The summed E-state index contributed by atoms with van der Waals surface area (Å²) in [6.07, 6.45) is 2.57. The van der Waals surface area contributed by atoms with E-state index in [9.17, 15) is 4.79 Å².